The van der Waals surface area contributed by atoms with E-state index in [2.05, 4.69) is 11.9 Å². The number of pyridine rings is 1. The third-order valence-corrected chi connectivity index (χ3v) is 3.29. The fourth-order valence-corrected chi connectivity index (χ4v) is 2.16. The van der Waals surface area contributed by atoms with E-state index in [4.69, 9.17) is 10.5 Å². The van der Waals surface area contributed by atoms with Crippen molar-refractivity contribution in [2.75, 3.05) is 0 Å². The Morgan fingerprint density at radius 1 is 1.28 bits per heavy atom. The van der Waals surface area contributed by atoms with E-state index >= 15 is 0 Å². The Morgan fingerprint density at radius 3 is 2.56 bits per heavy atom. The Balaban J connectivity index is 0.00000144. The van der Waals surface area contributed by atoms with E-state index in [-0.39, 0.29) is 24.8 Å². The van der Waals surface area contributed by atoms with Crippen LogP contribution in [-0.4, -0.2) is 11.1 Å². The Bertz CT molecular complexity index is 342. The van der Waals surface area contributed by atoms with Crippen molar-refractivity contribution in [1.29, 1.82) is 0 Å². The van der Waals surface area contributed by atoms with Crippen molar-refractivity contribution in [3.63, 3.8) is 0 Å². The summed E-state index contributed by atoms with van der Waals surface area (Å²) in [5, 5.41) is 0. The van der Waals surface area contributed by atoms with Gasteiger partial charge in [0, 0.05) is 18.8 Å². The van der Waals surface area contributed by atoms with Gasteiger partial charge in [-0.3, -0.25) is 0 Å². The third-order valence-electron chi connectivity index (χ3n) is 3.29. The van der Waals surface area contributed by atoms with Gasteiger partial charge < -0.3 is 10.5 Å². The fraction of sp³-hybridized carbons (Fsp3) is 0.615. The van der Waals surface area contributed by atoms with Gasteiger partial charge in [-0.1, -0.05) is 6.92 Å². The van der Waals surface area contributed by atoms with Gasteiger partial charge in [0.2, 0.25) is 5.88 Å². The van der Waals surface area contributed by atoms with Gasteiger partial charge in [-0.2, -0.15) is 0 Å². The maximum absolute atomic E-state index is 5.88. The number of aromatic nitrogens is 1. The molecule has 0 unspecified atom stereocenters. The summed E-state index contributed by atoms with van der Waals surface area (Å²) in [4.78, 5) is 4.22. The second kappa shape index (κ2) is 8.57. The summed E-state index contributed by atoms with van der Waals surface area (Å²) in [5.74, 6) is 1.57. The minimum absolute atomic E-state index is 0. The van der Waals surface area contributed by atoms with Gasteiger partial charge in [0.25, 0.3) is 0 Å². The van der Waals surface area contributed by atoms with Crippen molar-refractivity contribution in [2.24, 2.45) is 11.7 Å². The largest absolute Gasteiger partial charge is 0.474 e. The minimum Gasteiger partial charge on any atom is -0.474 e. The van der Waals surface area contributed by atoms with Crippen LogP contribution < -0.4 is 10.5 Å². The van der Waals surface area contributed by atoms with Gasteiger partial charge >= 0.3 is 0 Å². The van der Waals surface area contributed by atoms with E-state index < -0.39 is 0 Å². The average Bonchev–Trinajstić information content (AvgIpc) is 2.32. The lowest BCUT2D eigenvalue weighted by Gasteiger charge is -2.26. The monoisotopic (exact) mass is 292 g/mol. The van der Waals surface area contributed by atoms with E-state index in [1.807, 2.05) is 12.1 Å². The topological polar surface area (TPSA) is 48.1 Å². The van der Waals surface area contributed by atoms with Gasteiger partial charge in [0.05, 0.1) is 0 Å². The molecule has 2 N–H and O–H groups in total. The van der Waals surface area contributed by atoms with E-state index in [0.29, 0.717) is 12.6 Å². The number of hydrogen-bond donors (Lipinski definition) is 1. The number of nitrogens with two attached hydrogens (primary N) is 1. The van der Waals surface area contributed by atoms with Crippen LogP contribution in [0.1, 0.15) is 38.2 Å². The van der Waals surface area contributed by atoms with Crippen LogP contribution in [-0.2, 0) is 6.54 Å². The Kier molecular flexibility index (Phi) is 8.32. The lowest BCUT2D eigenvalue weighted by atomic mass is 9.89. The predicted molar refractivity (Wildman–Crippen MR) is 78.7 cm³/mol. The van der Waals surface area contributed by atoms with Gasteiger partial charge in [0.1, 0.15) is 6.10 Å². The van der Waals surface area contributed by atoms with Crippen LogP contribution in [0.3, 0.4) is 0 Å². The minimum atomic E-state index is 0. The molecule has 0 radical (unpaired) electrons. The van der Waals surface area contributed by atoms with Crippen LogP contribution in [0.4, 0.5) is 0 Å². The van der Waals surface area contributed by atoms with Crippen LogP contribution in [0.15, 0.2) is 18.3 Å². The standard InChI is InChI=1S/C13H20N2O.2ClH/c1-10-2-4-12(5-3-10)16-13-8-11(9-14)6-7-15-13;;/h6-8,10,12H,2-5,9,14H2,1H3;2*1H. The zero-order chi connectivity index (χ0) is 11.4. The Hall–Kier alpha value is -0.510. The van der Waals surface area contributed by atoms with Crippen molar-refractivity contribution in [3.05, 3.63) is 23.9 Å². The molecule has 0 saturated heterocycles. The molecular formula is C13H22Cl2N2O. The average molecular weight is 293 g/mol. The van der Waals surface area contributed by atoms with E-state index in [0.717, 1.165) is 30.2 Å². The molecule has 1 heterocycles. The molecule has 1 aliphatic carbocycles. The lowest BCUT2D eigenvalue weighted by molar-refractivity contribution is 0.130. The first kappa shape index (κ1) is 17.5. The second-order valence-electron chi connectivity index (χ2n) is 4.71. The lowest BCUT2D eigenvalue weighted by Crippen LogP contribution is -2.23. The van der Waals surface area contributed by atoms with Crippen LogP contribution >= 0.6 is 24.8 Å². The molecule has 1 aromatic rings. The molecule has 0 atom stereocenters. The summed E-state index contributed by atoms with van der Waals surface area (Å²) in [7, 11) is 0. The highest BCUT2D eigenvalue weighted by atomic mass is 35.5. The molecule has 18 heavy (non-hydrogen) atoms. The molecule has 0 bridgehead atoms. The summed E-state index contributed by atoms with van der Waals surface area (Å²) in [6.07, 6.45) is 6.94. The summed E-state index contributed by atoms with van der Waals surface area (Å²) in [6, 6.07) is 3.87. The highest BCUT2D eigenvalue weighted by Crippen LogP contribution is 2.26. The smallest absolute Gasteiger partial charge is 0.213 e. The zero-order valence-electron chi connectivity index (χ0n) is 10.7. The van der Waals surface area contributed by atoms with Gasteiger partial charge in [-0.05, 0) is 43.2 Å². The highest BCUT2D eigenvalue weighted by molar-refractivity contribution is 5.85. The number of hydrogen-bond acceptors (Lipinski definition) is 3. The highest BCUT2D eigenvalue weighted by Gasteiger charge is 2.19. The molecule has 1 aromatic heterocycles. The van der Waals surface area contributed by atoms with Crippen LogP contribution in [0.2, 0.25) is 0 Å². The summed E-state index contributed by atoms with van der Waals surface area (Å²) in [5.41, 5.74) is 6.66. The Morgan fingerprint density at radius 2 is 1.94 bits per heavy atom. The van der Waals surface area contributed by atoms with E-state index in [1.165, 1.54) is 12.8 Å². The maximum Gasteiger partial charge on any atom is 0.213 e. The van der Waals surface area contributed by atoms with Crippen LogP contribution in [0, 0.1) is 5.92 Å². The number of halogens is 2. The van der Waals surface area contributed by atoms with Crippen molar-refractivity contribution in [3.8, 4) is 5.88 Å². The molecule has 1 fully saturated rings. The Labute approximate surface area is 121 Å². The van der Waals surface area contributed by atoms with Crippen molar-refractivity contribution >= 4 is 24.8 Å². The third kappa shape index (κ3) is 5.01. The van der Waals surface area contributed by atoms with Crippen molar-refractivity contribution < 1.29 is 4.74 Å². The van der Waals surface area contributed by atoms with Crippen LogP contribution in [0.25, 0.3) is 0 Å². The van der Waals surface area contributed by atoms with Crippen molar-refractivity contribution in [2.45, 2.75) is 45.3 Å². The molecule has 2 rings (SSSR count). The van der Waals surface area contributed by atoms with Gasteiger partial charge in [0.15, 0.2) is 0 Å². The molecule has 0 aromatic carbocycles. The quantitative estimate of drug-likeness (QED) is 0.929. The number of nitrogens with zero attached hydrogens (tertiary/aromatic N) is 1. The second-order valence-corrected chi connectivity index (χ2v) is 4.71. The van der Waals surface area contributed by atoms with Crippen LogP contribution in [0.5, 0.6) is 5.88 Å². The van der Waals surface area contributed by atoms with Crippen molar-refractivity contribution in [1.82, 2.24) is 4.98 Å². The number of rotatable bonds is 3. The summed E-state index contributed by atoms with van der Waals surface area (Å²) >= 11 is 0. The zero-order valence-corrected chi connectivity index (χ0v) is 12.3. The van der Waals surface area contributed by atoms with Gasteiger partial charge in [-0.25, -0.2) is 4.98 Å². The maximum atomic E-state index is 5.88. The van der Waals surface area contributed by atoms with Gasteiger partial charge in [-0.15, -0.1) is 24.8 Å². The normalized spacial score (nSPS) is 22.6. The molecule has 0 spiro atoms. The predicted octanol–water partition coefficient (Wildman–Crippen LogP) is 3.34. The molecule has 0 amide bonds. The number of ether oxygens (including phenoxy) is 1. The SMILES string of the molecule is CC1CCC(Oc2cc(CN)ccn2)CC1.Cl.Cl. The molecule has 1 saturated carbocycles. The molecule has 0 aliphatic heterocycles. The van der Waals surface area contributed by atoms with E-state index in [9.17, 15) is 0 Å². The summed E-state index contributed by atoms with van der Waals surface area (Å²) in [6.45, 7) is 2.85. The summed E-state index contributed by atoms with van der Waals surface area (Å²) < 4.78 is 5.88. The molecule has 3 nitrogen and oxygen atoms in total. The molecular weight excluding hydrogens is 271 g/mol. The first-order valence-electron chi connectivity index (χ1n) is 6.09. The first-order valence-corrected chi connectivity index (χ1v) is 6.09. The molecule has 1 aliphatic rings. The molecule has 5 heteroatoms. The molecule has 104 valence electrons. The first-order chi connectivity index (χ1) is 7.78. The van der Waals surface area contributed by atoms with E-state index in [1.54, 1.807) is 6.20 Å². The fourth-order valence-electron chi connectivity index (χ4n) is 2.16.